The molecule has 2 aromatic rings. The van der Waals surface area contributed by atoms with Gasteiger partial charge in [-0.2, -0.15) is 0 Å². The molecule has 0 aliphatic heterocycles. The lowest BCUT2D eigenvalue weighted by Gasteiger charge is -2.08. The van der Waals surface area contributed by atoms with E-state index < -0.39 is 6.16 Å². The zero-order chi connectivity index (χ0) is 21.1. The van der Waals surface area contributed by atoms with Gasteiger partial charge in [0.15, 0.2) is 0 Å². The number of anilines is 1. The Hall–Kier alpha value is -3.35. The molecule has 0 unspecified atom stereocenters. The standard InChI is InChI=1S/C22H26N2O5/c1-3-5-6-20(25)24-18-11-7-16(8-12-18)15-23-21(26)17-9-13-19(14-10-17)29-22(27)28-4-2/h7-14H,3-6,15H2,1-2H3,(H,23,26)(H,24,25). The molecule has 0 radical (unpaired) electrons. The molecule has 29 heavy (non-hydrogen) atoms. The Morgan fingerprint density at radius 2 is 1.62 bits per heavy atom. The van der Waals surface area contributed by atoms with E-state index in [1.54, 1.807) is 19.1 Å². The molecule has 0 heterocycles. The van der Waals surface area contributed by atoms with E-state index in [2.05, 4.69) is 10.6 Å². The summed E-state index contributed by atoms with van der Waals surface area (Å²) in [4.78, 5) is 35.3. The monoisotopic (exact) mass is 398 g/mol. The molecule has 0 saturated carbocycles. The normalized spacial score (nSPS) is 10.1. The molecular weight excluding hydrogens is 372 g/mol. The van der Waals surface area contributed by atoms with Gasteiger partial charge in [-0.25, -0.2) is 4.79 Å². The molecule has 0 fully saturated rings. The molecule has 7 heteroatoms. The Morgan fingerprint density at radius 1 is 0.931 bits per heavy atom. The Balaban J connectivity index is 1.82. The molecule has 0 saturated heterocycles. The number of ether oxygens (including phenoxy) is 2. The predicted molar refractivity (Wildman–Crippen MR) is 110 cm³/mol. The number of carbonyl (C=O) groups is 3. The number of amides is 2. The first-order chi connectivity index (χ1) is 14.0. The lowest BCUT2D eigenvalue weighted by atomic mass is 10.1. The summed E-state index contributed by atoms with van der Waals surface area (Å²) in [5, 5.41) is 5.68. The second-order valence-corrected chi connectivity index (χ2v) is 6.34. The number of unbranched alkanes of at least 4 members (excludes halogenated alkanes) is 1. The topological polar surface area (TPSA) is 93.7 Å². The maximum absolute atomic E-state index is 12.3. The van der Waals surface area contributed by atoms with Crippen molar-refractivity contribution in [3.05, 3.63) is 59.7 Å². The summed E-state index contributed by atoms with van der Waals surface area (Å²) in [6.45, 7) is 4.31. The van der Waals surface area contributed by atoms with E-state index in [4.69, 9.17) is 9.47 Å². The van der Waals surface area contributed by atoms with Crippen molar-refractivity contribution < 1.29 is 23.9 Å². The van der Waals surface area contributed by atoms with Crippen LogP contribution in [0.15, 0.2) is 48.5 Å². The summed E-state index contributed by atoms with van der Waals surface area (Å²) in [5.41, 5.74) is 2.09. The fourth-order valence-electron chi connectivity index (χ4n) is 2.47. The molecule has 2 N–H and O–H groups in total. The predicted octanol–water partition coefficient (Wildman–Crippen LogP) is 4.28. The molecule has 7 nitrogen and oxygen atoms in total. The van der Waals surface area contributed by atoms with Gasteiger partial charge in [-0.05, 0) is 55.3 Å². The number of carbonyl (C=O) groups excluding carboxylic acids is 3. The van der Waals surface area contributed by atoms with E-state index in [0.717, 1.165) is 24.1 Å². The van der Waals surface area contributed by atoms with Gasteiger partial charge in [0.1, 0.15) is 5.75 Å². The van der Waals surface area contributed by atoms with Crippen LogP contribution in [-0.4, -0.2) is 24.6 Å². The summed E-state index contributed by atoms with van der Waals surface area (Å²) in [6.07, 6.45) is 1.58. The maximum atomic E-state index is 12.3. The highest BCUT2D eigenvalue weighted by molar-refractivity contribution is 5.94. The Bertz CT molecular complexity index is 816. The first-order valence-corrected chi connectivity index (χ1v) is 9.63. The van der Waals surface area contributed by atoms with Crippen molar-refractivity contribution in [2.24, 2.45) is 0 Å². The third-order valence-electron chi connectivity index (χ3n) is 4.03. The summed E-state index contributed by atoms with van der Waals surface area (Å²) in [7, 11) is 0. The SMILES string of the molecule is CCCCC(=O)Nc1ccc(CNC(=O)c2ccc(OC(=O)OCC)cc2)cc1. The van der Waals surface area contributed by atoms with Gasteiger partial charge in [0.25, 0.3) is 5.91 Å². The summed E-state index contributed by atoms with van der Waals surface area (Å²) >= 11 is 0. The zero-order valence-corrected chi connectivity index (χ0v) is 16.7. The minimum Gasteiger partial charge on any atom is -0.434 e. The molecule has 0 aromatic heterocycles. The molecule has 0 bridgehead atoms. The molecule has 0 spiro atoms. The van der Waals surface area contributed by atoms with Crippen LogP contribution in [0.25, 0.3) is 0 Å². The third kappa shape index (κ3) is 7.65. The molecule has 0 aliphatic carbocycles. The highest BCUT2D eigenvalue weighted by Crippen LogP contribution is 2.14. The highest BCUT2D eigenvalue weighted by atomic mass is 16.7. The number of hydrogen-bond acceptors (Lipinski definition) is 5. The van der Waals surface area contributed by atoms with E-state index in [-0.39, 0.29) is 18.4 Å². The van der Waals surface area contributed by atoms with E-state index >= 15 is 0 Å². The molecule has 2 aromatic carbocycles. The fraction of sp³-hybridized carbons (Fsp3) is 0.318. The summed E-state index contributed by atoms with van der Waals surface area (Å²) in [5.74, 6) is 0.0597. The number of nitrogens with one attached hydrogen (secondary N) is 2. The van der Waals surface area contributed by atoms with Crippen LogP contribution in [-0.2, 0) is 16.1 Å². The van der Waals surface area contributed by atoms with Crippen molar-refractivity contribution in [1.29, 1.82) is 0 Å². The molecule has 0 aliphatic rings. The van der Waals surface area contributed by atoms with Crippen LogP contribution in [0.5, 0.6) is 5.75 Å². The maximum Gasteiger partial charge on any atom is 0.513 e. The van der Waals surface area contributed by atoms with Gasteiger partial charge in [-0.1, -0.05) is 25.5 Å². The second kappa shape index (κ2) is 11.5. The fourth-order valence-corrected chi connectivity index (χ4v) is 2.47. The van der Waals surface area contributed by atoms with E-state index in [9.17, 15) is 14.4 Å². The molecule has 154 valence electrons. The number of rotatable bonds is 9. The van der Waals surface area contributed by atoms with Crippen molar-refractivity contribution in [3.8, 4) is 5.75 Å². The van der Waals surface area contributed by atoms with Crippen LogP contribution in [0, 0.1) is 0 Å². The minimum atomic E-state index is -0.783. The quantitative estimate of drug-likeness (QED) is 0.486. The molecule has 2 amide bonds. The number of hydrogen-bond donors (Lipinski definition) is 2. The Labute approximate surface area is 170 Å². The Kier molecular flexibility index (Phi) is 8.69. The van der Waals surface area contributed by atoms with Gasteiger partial charge in [0, 0.05) is 24.2 Å². The second-order valence-electron chi connectivity index (χ2n) is 6.34. The highest BCUT2D eigenvalue weighted by Gasteiger charge is 2.08. The van der Waals surface area contributed by atoms with Gasteiger partial charge < -0.3 is 20.1 Å². The minimum absolute atomic E-state index is 0.00304. The third-order valence-corrected chi connectivity index (χ3v) is 4.03. The largest absolute Gasteiger partial charge is 0.513 e. The van der Waals surface area contributed by atoms with Gasteiger partial charge in [0.2, 0.25) is 5.91 Å². The van der Waals surface area contributed by atoms with Crippen LogP contribution in [0.4, 0.5) is 10.5 Å². The van der Waals surface area contributed by atoms with Crippen LogP contribution < -0.4 is 15.4 Å². The smallest absolute Gasteiger partial charge is 0.434 e. The van der Waals surface area contributed by atoms with Crippen LogP contribution in [0.3, 0.4) is 0 Å². The van der Waals surface area contributed by atoms with E-state index in [1.165, 1.54) is 12.1 Å². The van der Waals surface area contributed by atoms with Crippen LogP contribution >= 0.6 is 0 Å². The lowest BCUT2D eigenvalue weighted by Crippen LogP contribution is -2.22. The molecule has 0 atom stereocenters. The van der Waals surface area contributed by atoms with Crippen molar-refractivity contribution in [2.45, 2.75) is 39.7 Å². The molecule has 2 rings (SSSR count). The van der Waals surface area contributed by atoms with Gasteiger partial charge in [-0.3, -0.25) is 9.59 Å². The van der Waals surface area contributed by atoms with Gasteiger partial charge in [0.05, 0.1) is 6.61 Å². The van der Waals surface area contributed by atoms with Crippen molar-refractivity contribution >= 4 is 23.7 Å². The number of benzene rings is 2. The van der Waals surface area contributed by atoms with E-state index in [1.807, 2.05) is 31.2 Å². The Morgan fingerprint density at radius 3 is 2.24 bits per heavy atom. The average molecular weight is 398 g/mol. The van der Waals surface area contributed by atoms with Crippen molar-refractivity contribution in [2.75, 3.05) is 11.9 Å². The first kappa shape index (κ1) is 21.9. The van der Waals surface area contributed by atoms with Crippen LogP contribution in [0.1, 0.15) is 49.0 Å². The lowest BCUT2D eigenvalue weighted by molar-refractivity contribution is -0.116. The van der Waals surface area contributed by atoms with Gasteiger partial charge >= 0.3 is 6.16 Å². The zero-order valence-electron chi connectivity index (χ0n) is 16.7. The summed E-state index contributed by atoms with van der Waals surface area (Å²) < 4.78 is 9.65. The van der Waals surface area contributed by atoms with E-state index in [0.29, 0.717) is 24.3 Å². The summed E-state index contributed by atoms with van der Waals surface area (Å²) in [6, 6.07) is 13.5. The van der Waals surface area contributed by atoms with Crippen molar-refractivity contribution in [1.82, 2.24) is 5.32 Å². The van der Waals surface area contributed by atoms with Crippen molar-refractivity contribution in [3.63, 3.8) is 0 Å². The molecular formula is C22H26N2O5. The first-order valence-electron chi connectivity index (χ1n) is 9.63. The van der Waals surface area contributed by atoms with Gasteiger partial charge in [-0.15, -0.1) is 0 Å². The average Bonchev–Trinajstić information content (AvgIpc) is 2.72. The van der Waals surface area contributed by atoms with Crippen LogP contribution in [0.2, 0.25) is 0 Å².